The van der Waals surface area contributed by atoms with Gasteiger partial charge in [0, 0.05) is 24.6 Å². The van der Waals surface area contributed by atoms with E-state index in [1.807, 2.05) is 27.7 Å². The molecule has 1 fully saturated rings. The summed E-state index contributed by atoms with van der Waals surface area (Å²) in [6, 6.07) is 2.58. The second-order valence-electron chi connectivity index (χ2n) is 4.00. The molecule has 2 amide bonds. The summed E-state index contributed by atoms with van der Waals surface area (Å²) in [6.07, 6.45) is 0.748. The van der Waals surface area contributed by atoms with Crippen molar-refractivity contribution in [2.45, 2.75) is 47.5 Å². The van der Waals surface area contributed by atoms with Crippen molar-refractivity contribution in [2.75, 3.05) is 5.73 Å². The molecule has 1 heterocycles. The Bertz CT molecular complexity index is 528. The van der Waals surface area contributed by atoms with Gasteiger partial charge in [0.15, 0.2) is 0 Å². The molecule has 0 aliphatic carbocycles. The molecule has 7 nitrogen and oxygen atoms in total. The van der Waals surface area contributed by atoms with Crippen molar-refractivity contribution in [3.63, 3.8) is 0 Å². The van der Waals surface area contributed by atoms with Crippen LogP contribution in [0.2, 0.25) is 0 Å². The third-order valence-electron chi connectivity index (χ3n) is 2.47. The SMILES string of the molecule is CC.CC.Cc1cc(C(=O)O)c(O)cc1N.O=C1CCC(=O)N1. The monoisotopic (exact) mass is 326 g/mol. The first kappa shape index (κ1) is 22.7. The number of nitrogen functional groups attached to an aromatic ring is 1. The lowest BCUT2D eigenvalue weighted by Gasteiger charge is -2.03. The topological polar surface area (TPSA) is 130 Å². The van der Waals surface area contributed by atoms with Crippen molar-refractivity contribution in [1.82, 2.24) is 5.32 Å². The van der Waals surface area contributed by atoms with E-state index in [0.29, 0.717) is 24.1 Å². The molecule has 0 saturated carbocycles. The Labute approximate surface area is 136 Å². The Balaban J connectivity index is 0. The van der Waals surface area contributed by atoms with Gasteiger partial charge in [-0.2, -0.15) is 0 Å². The summed E-state index contributed by atoms with van der Waals surface area (Å²) in [4.78, 5) is 30.7. The maximum Gasteiger partial charge on any atom is 0.339 e. The van der Waals surface area contributed by atoms with Crippen LogP contribution in [0, 0.1) is 6.92 Å². The van der Waals surface area contributed by atoms with E-state index in [4.69, 9.17) is 15.9 Å². The van der Waals surface area contributed by atoms with E-state index >= 15 is 0 Å². The molecule has 0 aromatic heterocycles. The molecule has 0 spiro atoms. The highest BCUT2D eigenvalue weighted by Crippen LogP contribution is 2.23. The molecule has 1 aliphatic heterocycles. The lowest BCUT2D eigenvalue weighted by molar-refractivity contribution is -0.124. The number of nitrogens with two attached hydrogens (primary N) is 1. The Hall–Kier alpha value is -2.57. The van der Waals surface area contributed by atoms with E-state index in [9.17, 15) is 14.4 Å². The maximum absolute atomic E-state index is 10.5. The predicted octanol–water partition coefficient (Wildman–Crippen LogP) is 2.46. The third-order valence-corrected chi connectivity index (χ3v) is 2.47. The minimum absolute atomic E-state index is 0.123. The van der Waals surface area contributed by atoms with Crippen molar-refractivity contribution in [1.29, 1.82) is 0 Å². The van der Waals surface area contributed by atoms with E-state index in [2.05, 4.69) is 5.32 Å². The fraction of sp³-hybridized carbons (Fsp3) is 0.438. The van der Waals surface area contributed by atoms with E-state index in [1.165, 1.54) is 12.1 Å². The largest absolute Gasteiger partial charge is 0.507 e. The Morgan fingerprint density at radius 3 is 1.83 bits per heavy atom. The third kappa shape index (κ3) is 8.45. The van der Waals surface area contributed by atoms with Gasteiger partial charge in [0.25, 0.3) is 0 Å². The summed E-state index contributed by atoms with van der Waals surface area (Å²) < 4.78 is 0. The molecule has 2 rings (SSSR count). The smallest absolute Gasteiger partial charge is 0.339 e. The molecule has 0 unspecified atom stereocenters. The van der Waals surface area contributed by atoms with Crippen LogP contribution in [0.25, 0.3) is 0 Å². The average Bonchev–Trinajstić information content (AvgIpc) is 2.91. The molecular weight excluding hydrogens is 300 g/mol. The number of anilines is 1. The molecule has 5 N–H and O–H groups in total. The van der Waals surface area contributed by atoms with Crippen molar-refractivity contribution in [3.8, 4) is 5.75 Å². The fourth-order valence-electron chi connectivity index (χ4n) is 1.39. The molecule has 0 radical (unpaired) electrons. The number of aryl methyl sites for hydroxylation is 1. The first-order valence-electron chi connectivity index (χ1n) is 7.46. The van der Waals surface area contributed by atoms with Crippen LogP contribution in [0.3, 0.4) is 0 Å². The van der Waals surface area contributed by atoms with Gasteiger partial charge in [0.05, 0.1) is 0 Å². The summed E-state index contributed by atoms with van der Waals surface area (Å²) in [5.41, 5.74) is 6.34. The number of rotatable bonds is 1. The number of carbonyl (C=O) groups excluding carboxylic acids is 2. The number of carboxylic acid groups (broad SMARTS) is 1. The van der Waals surface area contributed by atoms with Gasteiger partial charge >= 0.3 is 5.97 Å². The number of benzene rings is 1. The van der Waals surface area contributed by atoms with E-state index < -0.39 is 5.97 Å². The highest BCUT2D eigenvalue weighted by molar-refractivity contribution is 6.01. The number of nitrogens with one attached hydrogen (secondary N) is 1. The highest BCUT2D eigenvalue weighted by atomic mass is 16.4. The van der Waals surface area contributed by atoms with Crippen LogP contribution in [-0.2, 0) is 9.59 Å². The molecule has 7 heteroatoms. The first-order chi connectivity index (χ1) is 10.8. The van der Waals surface area contributed by atoms with Crippen LogP contribution in [0.4, 0.5) is 5.69 Å². The van der Waals surface area contributed by atoms with Crippen molar-refractivity contribution < 1.29 is 24.6 Å². The number of hydrogen-bond donors (Lipinski definition) is 4. The van der Waals surface area contributed by atoms with Gasteiger partial charge in [0.1, 0.15) is 11.3 Å². The number of hydrogen-bond acceptors (Lipinski definition) is 5. The number of aromatic carboxylic acids is 1. The molecule has 1 saturated heterocycles. The van der Waals surface area contributed by atoms with Crippen molar-refractivity contribution in [3.05, 3.63) is 23.3 Å². The van der Waals surface area contributed by atoms with E-state index in [0.717, 1.165) is 0 Å². The zero-order valence-electron chi connectivity index (χ0n) is 14.3. The van der Waals surface area contributed by atoms with Gasteiger partial charge < -0.3 is 15.9 Å². The molecule has 1 aromatic rings. The van der Waals surface area contributed by atoms with Crippen molar-refractivity contribution in [2.24, 2.45) is 0 Å². The van der Waals surface area contributed by atoms with Crippen LogP contribution in [0.5, 0.6) is 5.75 Å². The van der Waals surface area contributed by atoms with Gasteiger partial charge in [-0.3, -0.25) is 14.9 Å². The van der Waals surface area contributed by atoms with Gasteiger partial charge in [-0.25, -0.2) is 4.79 Å². The number of imide groups is 1. The molecule has 130 valence electrons. The maximum atomic E-state index is 10.5. The summed E-state index contributed by atoms with van der Waals surface area (Å²) in [5.74, 6) is -1.75. The molecule has 1 aromatic carbocycles. The highest BCUT2D eigenvalue weighted by Gasteiger charge is 2.15. The lowest BCUT2D eigenvalue weighted by atomic mass is 10.1. The minimum atomic E-state index is -1.16. The van der Waals surface area contributed by atoms with E-state index in [-0.39, 0.29) is 23.1 Å². The summed E-state index contributed by atoms with van der Waals surface area (Å²) >= 11 is 0. The summed E-state index contributed by atoms with van der Waals surface area (Å²) in [7, 11) is 0. The number of amides is 2. The number of carboxylic acids is 1. The normalized spacial score (nSPS) is 11.7. The van der Waals surface area contributed by atoms with Crippen LogP contribution in [-0.4, -0.2) is 28.0 Å². The molecule has 23 heavy (non-hydrogen) atoms. The average molecular weight is 326 g/mol. The predicted molar refractivity (Wildman–Crippen MR) is 89.3 cm³/mol. The Kier molecular flexibility index (Phi) is 11.9. The van der Waals surface area contributed by atoms with Gasteiger partial charge in [-0.05, 0) is 18.6 Å². The standard InChI is InChI=1S/C8H9NO3.C4H5NO2.2C2H6/c1-4-2-5(8(11)12)7(10)3-6(4)9;6-3-1-2-4(7)5-3;2*1-2/h2-3,10H,9H2,1H3,(H,11,12);1-2H2,(H,5,6,7);2*1-2H3. The van der Waals surface area contributed by atoms with Crippen LogP contribution < -0.4 is 11.1 Å². The van der Waals surface area contributed by atoms with Crippen LogP contribution in [0.15, 0.2) is 12.1 Å². The van der Waals surface area contributed by atoms with Crippen LogP contribution in [0.1, 0.15) is 56.5 Å². The minimum Gasteiger partial charge on any atom is -0.507 e. The number of phenols is 1. The second kappa shape index (κ2) is 12.0. The fourth-order valence-corrected chi connectivity index (χ4v) is 1.39. The lowest BCUT2D eigenvalue weighted by Crippen LogP contribution is -2.18. The van der Waals surface area contributed by atoms with Crippen molar-refractivity contribution >= 4 is 23.5 Å². The van der Waals surface area contributed by atoms with Crippen LogP contribution >= 0.6 is 0 Å². The number of aromatic hydroxyl groups is 1. The summed E-state index contributed by atoms with van der Waals surface area (Å²) in [5, 5.41) is 19.8. The summed E-state index contributed by atoms with van der Waals surface area (Å²) in [6.45, 7) is 9.68. The quantitative estimate of drug-likeness (QED) is 0.463. The molecular formula is C16H26N2O5. The zero-order chi connectivity index (χ0) is 18.6. The first-order valence-corrected chi connectivity index (χ1v) is 7.46. The Morgan fingerprint density at radius 1 is 1.09 bits per heavy atom. The van der Waals surface area contributed by atoms with Gasteiger partial charge in [-0.1, -0.05) is 27.7 Å². The zero-order valence-corrected chi connectivity index (χ0v) is 14.3. The molecule has 1 aliphatic rings. The molecule has 0 atom stereocenters. The van der Waals surface area contributed by atoms with Gasteiger partial charge in [-0.15, -0.1) is 0 Å². The Morgan fingerprint density at radius 2 is 1.52 bits per heavy atom. The van der Waals surface area contributed by atoms with Gasteiger partial charge in [0.2, 0.25) is 11.8 Å². The second-order valence-corrected chi connectivity index (χ2v) is 4.00. The molecule has 0 bridgehead atoms. The number of carbonyl (C=O) groups is 3. The van der Waals surface area contributed by atoms with E-state index in [1.54, 1.807) is 6.92 Å².